The lowest BCUT2D eigenvalue weighted by Crippen LogP contribution is -2.15. The molecule has 0 radical (unpaired) electrons. The van der Waals surface area contributed by atoms with E-state index in [2.05, 4.69) is 15.6 Å². The number of nitrogens with one attached hydrogen (secondary N) is 2. The Morgan fingerprint density at radius 3 is 2.70 bits per heavy atom. The lowest BCUT2D eigenvalue weighted by Gasteiger charge is -2.11. The Morgan fingerprint density at radius 1 is 1.25 bits per heavy atom. The van der Waals surface area contributed by atoms with Crippen molar-refractivity contribution >= 4 is 17.3 Å². The van der Waals surface area contributed by atoms with Crippen LogP contribution in [0.3, 0.4) is 0 Å². The standard InChI is InChI=1S/C15H16FN3O/c1-10(2)18-12-7-11(8-17-9-12)15(20)19-14-6-4-3-5-13(14)16/h3-10,18H,1-2H3,(H,19,20). The molecule has 0 aliphatic heterocycles. The highest BCUT2D eigenvalue weighted by molar-refractivity contribution is 6.04. The van der Waals surface area contributed by atoms with Gasteiger partial charge in [0.1, 0.15) is 5.82 Å². The second-order valence-corrected chi connectivity index (χ2v) is 4.70. The third-order valence-corrected chi connectivity index (χ3v) is 2.58. The summed E-state index contributed by atoms with van der Waals surface area (Å²) in [5.74, 6) is -0.861. The molecule has 0 fully saturated rings. The van der Waals surface area contributed by atoms with Crippen molar-refractivity contribution in [2.45, 2.75) is 19.9 Å². The van der Waals surface area contributed by atoms with Crippen LogP contribution in [-0.2, 0) is 0 Å². The minimum absolute atomic E-state index is 0.153. The Bertz CT molecular complexity index is 614. The number of nitrogens with zero attached hydrogens (tertiary/aromatic N) is 1. The van der Waals surface area contributed by atoms with Gasteiger partial charge in [-0.25, -0.2) is 4.39 Å². The smallest absolute Gasteiger partial charge is 0.257 e. The normalized spacial score (nSPS) is 10.4. The number of amides is 1. The monoisotopic (exact) mass is 273 g/mol. The molecule has 1 aromatic carbocycles. The number of rotatable bonds is 4. The molecule has 1 aromatic heterocycles. The second-order valence-electron chi connectivity index (χ2n) is 4.70. The van der Waals surface area contributed by atoms with E-state index in [1.54, 1.807) is 24.4 Å². The number of pyridine rings is 1. The molecule has 0 bridgehead atoms. The fraction of sp³-hybridized carbons (Fsp3) is 0.200. The second kappa shape index (κ2) is 6.14. The molecule has 0 saturated carbocycles. The van der Waals surface area contributed by atoms with Crippen LogP contribution in [0, 0.1) is 5.82 Å². The predicted octanol–water partition coefficient (Wildman–Crippen LogP) is 3.29. The summed E-state index contributed by atoms with van der Waals surface area (Å²) >= 11 is 0. The molecule has 2 aromatic rings. The van der Waals surface area contributed by atoms with Crippen molar-refractivity contribution in [3.63, 3.8) is 0 Å². The average Bonchev–Trinajstić information content (AvgIpc) is 2.41. The van der Waals surface area contributed by atoms with E-state index in [0.29, 0.717) is 5.56 Å². The molecular formula is C15H16FN3O. The van der Waals surface area contributed by atoms with E-state index < -0.39 is 11.7 Å². The molecule has 4 nitrogen and oxygen atoms in total. The van der Waals surface area contributed by atoms with Crippen LogP contribution >= 0.6 is 0 Å². The van der Waals surface area contributed by atoms with E-state index in [1.165, 1.54) is 18.3 Å². The largest absolute Gasteiger partial charge is 0.382 e. The molecule has 2 rings (SSSR count). The topological polar surface area (TPSA) is 54.0 Å². The number of halogens is 1. The van der Waals surface area contributed by atoms with Crippen molar-refractivity contribution in [2.75, 3.05) is 10.6 Å². The summed E-state index contributed by atoms with van der Waals surface area (Å²) in [5.41, 5.74) is 1.28. The minimum atomic E-state index is -0.467. The third kappa shape index (κ3) is 3.54. The summed E-state index contributed by atoms with van der Waals surface area (Å²) in [6, 6.07) is 7.96. The maximum absolute atomic E-state index is 13.5. The van der Waals surface area contributed by atoms with Gasteiger partial charge in [-0.3, -0.25) is 9.78 Å². The molecule has 0 unspecified atom stereocenters. The zero-order valence-electron chi connectivity index (χ0n) is 11.4. The van der Waals surface area contributed by atoms with Crippen molar-refractivity contribution < 1.29 is 9.18 Å². The number of para-hydroxylation sites is 1. The van der Waals surface area contributed by atoms with Gasteiger partial charge >= 0.3 is 0 Å². The summed E-state index contributed by atoms with van der Waals surface area (Å²) in [7, 11) is 0. The van der Waals surface area contributed by atoms with Gasteiger partial charge in [-0.15, -0.1) is 0 Å². The average molecular weight is 273 g/mol. The summed E-state index contributed by atoms with van der Waals surface area (Å²) in [6.07, 6.45) is 3.08. The van der Waals surface area contributed by atoms with Gasteiger partial charge in [0.25, 0.3) is 5.91 Å². The first-order chi connectivity index (χ1) is 9.56. The third-order valence-electron chi connectivity index (χ3n) is 2.58. The van der Waals surface area contributed by atoms with Gasteiger partial charge in [-0.2, -0.15) is 0 Å². The van der Waals surface area contributed by atoms with Crippen LogP contribution in [0.15, 0.2) is 42.7 Å². The van der Waals surface area contributed by atoms with Crippen LogP contribution in [0.5, 0.6) is 0 Å². The number of carbonyl (C=O) groups excluding carboxylic acids is 1. The Balaban J connectivity index is 2.15. The van der Waals surface area contributed by atoms with Gasteiger partial charge in [0.2, 0.25) is 0 Å². The zero-order chi connectivity index (χ0) is 14.5. The fourth-order valence-corrected chi connectivity index (χ4v) is 1.73. The molecule has 0 spiro atoms. The number of carbonyl (C=O) groups is 1. The summed E-state index contributed by atoms with van der Waals surface area (Å²) in [6.45, 7) is 3.98. The molecular weight excluding hydrogens is 257 g/mol. The molecule has 5 heteroatoms. The van der Waals surface area contributed by atoms with Crippen LogP contribution in [0.2, 0.25) is 0 Å². The van der Waals surface area contributed by atoms with Crippen LogP contribution in [0.1, 0.15) is 24.2 Å². The predicted molar refractivity (Wildman–Crippen MR) is 77.3 cm³/mol. The highest BCUT2D eigenvalue weighted by Crippen LogP contribution is 2.15. The van der Waals surface area contributed by atoms with Crippen molar-refractivity contribution in [2.24, 2.45) is 0 Å². The van der Waals surface area contributed by atoms with Gasteiger partial charge in [0.15, 0.2) is 0 Å². The zero-order valence-corrected chi connectivity index (χ0v) is 11.4. The van der Waals surface area contributed by atoms with Gasteiger partial charge in [0.05, 0.1) is 16.9 Å². The Labute approximate surface area is 117 Å². The molecule has 0 aliphatic rings. The number of anilines is 2. The van der Waals surface area contributed by atoms with E-state index in [9.17, 15) is 9.18 Å². The molecule has 20 heavy (non-hydrogen) atoms. The first-order valence-corrected chi connectivity index (χ1v) is 6.33. The molecule has 1 heterocycles. The van der Waals surface area contributed by atoms with E-state index in [1.807, 2.05) is 13.8 Å². The van der Waals surface area contributed by atoms with Crippen molar-refractivity contribution in [3.8, 4) is 0 Å². The Morgan fingerprint density at radius 2 is 2.00 bits per heavy atom. The number of hydrogen-bond donors (Lipinski definition) is 2. The number of aromatic nitrogens is 1. The summed E-state index contributed by atoms with van der Waals surface area (Å²) < 4.78 is 13.5. The quantitative estimate of drug-likeness (QED) is 0.898. The van der Waals surface area contributed by atoms with Gasteiger partial charge in [-0.05, 0) is 32.0 Å². The maximum atomic E-state index is 13.5. The molecule has 0 saturated heterocycles. The van der Waals surface area contributed by atoms with Crippen LogP contribution in [0.25, 0.3) is 0 Å². The molecule has 0 aliphatic carbocycles. The van der Waals surface area contributed by atoms with E-state index >= 15 is 0 Å². The van der Waals surface area contributed by atoms with E-state index in [0.717, 1.165) is 5.69 Å². The fourth-order valence-electron chi connectivity index (χ4n) is 1.73. The number of hydrogen-bond acceptors (Lipinski definition) is 3. The lowest BCUT2D eigenvalue weighted by atomic mass is 10.2. The highest BCUT2D eigenvalue weighted by Gasteiger charge is 2.10. The SMILES string of the molecule is CC(C)Nc1cncc(C(=O)Nc2ccccc2F)c1. The van der Waals surface area contributed by atoms with Gasteiger partial charge < -0.3 is 10.6 Å². The Kier molecular flexibility index (Phi) is 4.30. The van der Waals surface area contributed by atoms with Gasteiger partial charge in [-0.1, -0.05) is 12.1 Å². The van der Waals surface area contributed by atoms with E-state index in [-0.39, 0.29) is 11.7 Å². The Hall–Kier alpha value is -2.43. The van der Waals surface area contributed by atoms with Gasteiger partial charge in [0, 0.05) is 18.4 Å². The van der Waals surface area contributed by atoms with Crippen LogP contribution < -0.4 is 10.6 Å². The summed E-state index contributed by atoms with van der Waals surface area (Å²) in [4.78, 5) is 16.1. The summed E-state index contributed by atoms with van der Waals surface area (Å²) in [5, 5.41) is 5.68. The van der Waals surface area contributed by atoms with E-state index in [4.69, 9.17) is 0 Å². The van der Waals surface area contributed by atoms with Crippen LogP contribution in [-0.4, -0.2) is 16.9 Å². The molecule has 2 N–H and O–H groups in total. The van der Waals surface area contributed by atoms with Crippen molar-refractivity contribution in [3.05, 3.63) is 54.1 Å². The number of benzene rings is 1. The van der Waals surface area contributed by atoms with Crippen molar-refractivity contribution in [1.82, 2.24) is 4.98 Å². The van der Waals surface area contributed by atoms with Crippen LogP contribution in [0.4, 0.5) is 15.8 Å². The molecule has 0 atom stereocenters. The maximum Gasteiger partial charge on any atom is 0.257 e. The first kappa shape index (κ1) is 14.0. The highest BCUT2D eigenvalue weighted by atomic mass is 19.1. The van der Waals surface area contributed by atoms with Crippen molar-refractivity contribution in [1.29, 1.82) is 0 Å². The molecule has 1 amide bonds. The first-order valence-electron chi connectivity index (χ1n) is 6.33. The molecule has 104 valence electrons. The minimum Gasteiger partial charge on any atom is -0.382 e. The lowest BCUT2D eigenvalue weighted by molar-refractivity contribution is 0.102.